The predicted octanol–water partition coefficient (Wildman–Crippen LogP) is -1.60. The number of nitrogens with one attached hydrogen (secondary N) is 1. The molecule has 0 saturated heterocycles. The van der Waals surface area contributed by atoms with Crippen LogP contribution in [0.4, 0.5) is 0 Å². The van der Waals surface area contributed by atoms with Crippen molar-refractivity contribution in [1.82, 2.24) is 16.4 Å². The van der Waals surface area contributed by atoms with Crippen LogP contribution < -0.4 is 23.9 Å². The zero-order chi connectivity index (χ0) is 10.5. The smallest absolute Gasteiger partial charge is 0.243 e. The van der Waals surface area contributed by atoms with Gasteiger partial charge in [-0.25, -0.2) is 0 Å². The molecule has 4 nitrogen and oxygen atoms in total. The maximum atomic E-state index is 11.0. The highest BCUT2D eigenvalue weighted by Gasteiger charge is 2.18. The maximum absolute atomic E-state index is 11.0. The summed E-state index contributed by atoms with van der Waals surface area (Å²) >= 11 is 0. The molecule has 1 amide bonds. The fourth-order valence-corrected chi connectivity index (χ4v) is 0.950. The molecule has 0 radical (unpaired) electrons. The Kier molecular flexibility index (Phi) is 11.6. The summed E-state index contributed by atoms with van der Waals surface area (Å²) < 4.78 is 0. The van der Waals surface area contributed by atoms with Gasteiger partial charge >= 0.3 is 0 Å². The van der Waals surface area contributed by atoms with Crippen LogP contribution in [-0.2, 0) is 4.79 Å². The number of amides is 1. The molecule has 0 atom stereocenters. The Hall–Kier alpha value is -0.580. The molecule has 0 saturated carbocycles. The number of halogens is 1. The van der Waals surface area contributed by atoms with E-state index in [1.54, 1.807) is 0 Å². The molecule has 0 unspecified atom stereocenters. The van der Waals surface area contributed by atoms with E-state index in [0.29, 0.717) is 0 Å². The lowest BCUT2D eigenvalue weighted by Crippen LogP contribution is -3.00. The van der Waals surface area contributed by atoms with E-state index < -0.39 is 0 Å². The zero-order valence-electron chi connectivity index (χ0n) is 10.4. The van der Waals surface area contributed by atoms with Crippen molar-refractivity contribution < 1.29 is 17.2 Å². The highest BCUT2D eigenvalue weighted by molar-refractivity contribution is 5.87. The summed E-state index contributed by atoms with van der Waals surface area (Å²) in [4.78, 5) is 13.1. The minimum atomic E-state index is -0.157. The Balaban J connectivity index is -0.000000720. The van der Waals surface area contributed by atoms with Crippen LogP contribution >= 0.6 is 0 Å². The first-order chi connectivity index (χ1) is 5.87. The Labute approximate surface area is 99.1 Å². The van der Waals surface area contributed by atoms with Gasteiger partial charge in [-0.1, -0.05) is 6.58 Å². The van der Waals surface area contributed by atoms with Crippen molar-refractivity contribution in [2.24, 2.45) is 0 Å². The van der Waals surface area contributed by atoms with Crippen LogP contribution in [0.3, 0.4) is 0 Å². The molecule has 0 aliphatic carbocycles. The summed E-state index contributed by atoms with van der Waals surface area (Å²) in [5, 5.41) is 2.88. The van der Waals surface area contributed by atoms with Crippen LogP contribution in [-0.4, -0.2) is 37.0 Å². The largest absolute Gasteiger partial charge is 1.00 e. The Morgan fingerprint density at radius 3 is 2.27 bits per heavy atom. The molecular formula is C10H24ClN3O. The van der Waals surface area contributed by atoms with Gasteiger partial charge in [0.05, 0.1) is 0 Å². The first-order valence-corrected chi connectivity index (χ1v) is 4.47. The Morgan fingerprint density at radius 1 is 1.47 bits per heavy atom. The number of nitrogens with zero attached hydrogens (tertiary/aromatic N) is 1. The number of hydrogen-bond donors (Lipinski definition) is 2. The molecule has 0 fully saturated rings. The van der Waals surface area contributed by atoms with Gasteiger partial charge in [-0.3, -0.25) is 4.79 Å². The van der Waals surface area contributed by atoms with Crippen molar-refractivity contribution >= 4 is 5.91 Å². The molecule has 0 aromatic rings. The summed E-state index contributed by atoms with van der Waals surface area (Å²) in [6.07, 6.45) is 2.23. The second-order valence-corrected chi connectivity index (χ2v) is 4.13. The van der Waals surface area contributed by atoms with Gasteiger partial charge in [-0.05, 0) is 47.0 Å². The lowest BCUT2D eigenvalue weighted by atomic mass is 10.0. The second-order valence-electron chi connectivity index (χ2n) is 4.13. The lowest BCUT2D eigenvalue weighted by molar-refractivity contribution is -0.118. The van der Waals surface area contributed by atoms with Crippen LogP contribution in [0, 0.1) is 0 Å². The third-order valence-corrected chi connectivity index (χ3v) is 1.83. The van der Waals surface area contributed by atoms with Crippen molar-refractivity contribution in [3.8, 4) is 0 Å². The normalized spacial score (nSPS) is 9.93. The van der Waals surface area contributed by atoms with Gasteiger partial charge in [0.25, 0.3) is 0 Å². The van der Waals surface area contributed by atoms with E-state index in [1.807, 2.05) is 27.9 Å². The van der Waals surface area contributed by atoms with Crippen molar-refractivity contribution in [1.29, 1.82) is 0 Å². The molecule has 5 N–H and O–H groups in total. The summed E-state index contributed by atoms with van der Waals surface area (Å²) in [5.74, 6) is -0.108. The fraction of sp³-hybridized carbons (Fsp3) is 0.700. The number of carbonyl (C=O) groups excluding carboxylic acids is 1. The van der Waals surface area contributed by atoms with Crippen molar-refractivity contribution in [2.75, 3.05) is 20.6 Å². The lowest BCUT2D eigenvalue weighted by Gasteiger charge is -2.27. The van der Waals surface area contributed by atoms with E-state index in [-0.39, 0.29) is 30.0 Å². The zero-order valence-corrected chi connectivity index (χ0v) is 11.2. The van der Waals surface area contributed by atoms with Gasteiger partial charge in [0.2, 0.25) is 5.91 Å². The third-order valence-electron chi connectivity index (χ3n) is 1.83. The van der Waals surface area contributed by atoms with Crippen LogP contribution in [0.25, 0.3) is 0 Å². The number of quaternary nitrogens is 1. The van der Waals surface area contributed by atoms with Crippen LogP contribution in [0.2, 0.25) is 0 Å². The van der Waals surface area contributed by atoms with E-state index in [0.717, 1.165) is 13.0 Å². The number of carbonyl (C=O) groups is 1. The third kappa shape index (κ3) is 11.3. The molecule has 0 aromatic heterocycles. The van der Waals surface area contributed by atoms with Crippen molar-refractivity contribution in [2.45, 2.75) is 25.8 Å². The quantitative estimate of drug-likeness (QED) is 0.566. The monoisotopic (exact) mass is 237 g/mol. The minimum Gasteiger partial charge on any atom is -1.00 e. The molecule has 0 aliphatic rings. The highest BCUT2D eigenvalue weighted by Crippen LogP contribution is 2.08. The van der Waals surface area contributed by atoms with Gasteiger partial charge in [0.15, 0.2) is 0 Å². The van der Waals surface area contributed by atoms with Crippen LogP contribution in [0.5, 0.6) is 0 Å². The van der Waals surface area contributed by atoms with Crippen molar-refractivity contribution in [3.05, 3.63) is 12.7 Å². The average molecular weight is 238 g/mol. The van der Waals surface area contributed by atoms with Gasteiger partial charge < -0.3 is 28.8 Å². The molecule has 0 aromatic carbocycles. The van der Waals surface area contributed by atoms with Gasteiger partial charge in [0.1, 0.15) is 0 Å². The molecule has 15 heavy (non-hydrogen) atoms. The first kappa shape index (κ1) is 19.9. The van der Waals surface area contributed by atoms with Gasteiger partial charge in [0, 0.05) is 5.54 Å². The van der Waals surface area contributed by atoms with Crippen LogP contribution in [0.1, 0.15) is 20.3 Å². The highest BCUT2D eigenvalue weighted by atomic mass is 35.5. The topological polar surface area (TPSA) is 68.8 Å². The Bertz CT molecular complexity index is 193. The van der Waals surface area contributed by atoms with Gasteiger partial charge in [-0.2, -0.15) is 0 Å². The molecule has 5 heteroatoms. The summed E-state index contributed by atoms with van der Waals surface area (Å²) in [6, 6.07) is 0. The molecule has 0 bridgehead atoms. The average Bonchev–Trinajstić information content (AvgIpc) is 2.00. The van der Waals surface area contributed by atoms with E-state index in [1.165, 1.54) is 6.08 Å². The number of rotatable bonds is 5. The molecule has 92 valence electrons. The van der Waals surface area contributed by atoms with E-state index in [9.17, 15) is 4.79 Å². The SMILES string of the molecule is C=CC(=O)NC(C)(C)CCN(C)C.[Cl-].[NH4+]. The summed E-state index contributed by atoms with van der Waals surface area (Å²) in [5.41, 5.74) is -0.157. The standard InChI is InChI=1S/C10H20N2O.ClH.H3N/c1-6-9(13)11-10(2,3)7-8-12(4)5;;/h6H,1,7-8H2,2-5H3,(H,11,13);1H;1H3. The maximum Gasteiger partial charge on any atom is 0.243 e. The molecule has 0 heterocycles. The summed E-state index contributed by atoms with van der Waals surface area (Å²) in [6.45, 7) is 8.40. The summed E-state index contributed by atoms with van der Waals surface area (Å²) in [7, 11) is 4.04. The minimum absolute atomic E-state index is 0. The second kappa shape index (κ2) is 8.71. The molecular weight excluding hydrogens is 214 g/mol. The van der Waals surface area contributed by atoms with Gasteiger partial charge in [-0.15, -0.1) is 0 Å². The first-order valence-electron chi connectivity index (χ1n) is 4.47. The van der Waals surface area contributed by atoms with E-state index >= 15 is 0 Å². The van der Waals surface area contributed by atoms with E-state index in [4.69, 9.17) is 0 Å². The Morgan fingerprint density at radius 2 is 1.93 bits per heavy atom. The molecule has 0 rings (SSSR count). The van der Waals surface area contributed by atoms with Crippen LogP contribution in [0.15, 0.2) is 12.7 Å². The number of hydrogen-bond acceptors (Lipinski definition) is 2. The molecule has 0 spiro atoms. The predicted molar refractivity (Wildman–Crippen MR) is 61.6 cm³/mol. The fourth-order valence-electron chi connectivity index (χ4n) is 0.950. The van der Waals surface area contributed by atoms with Crippen molar-refractivity contribution in [3.63, 3.8) is 0 Å². The molecule has 0 aliphatic heterocycles. The van der Waals surface area contributed by atoms with E-state index in [2.05, 4.69) is 16.8 Å².